The molecular formula is C46H42N4O10. The van der Waals surface area contributed by atoms with Crippen LogP contribution >= 0.6 is 0 Å². The van der Waals surface area contributed by atoms with E-state index in [-0.39, 0.29) is 12.4 Å². The van der Waals surface area contributed by atoms with Crippen molar-refractivity contribution in [2.24, 2.45) is 0 Å². The van der Waals surface area contributed by atoms with Crippen molar-refractivity contribution < 1.29 is 43.2 Å². The van der Waals surface area contributed by atoms with E-state index in [1.165, 1.54) is 12.3 Å². The van der Waals surface area contributed by atoms with Crippen LogP contribution in [0.4, 0.5) is 5.82 Å². The Hall–Kier alpha value is -6.84. The minimum atomic E-state index is -1.76. The molecule has 2 fully saturated rings. The Morgan fingerprint density at radius 2 is 1.37 bits per heavy atom. The molecule has 2 saturated heterocycles. The summed E-state index contributed by atoms with van der Waals surface area (Å²) in [6.45, 7) is -0.731. The van der Waals surface area contributed by atoms with Gasteiger partial charge in [-0.05, 0) is 71.3 Å². The number of aliphatic hydroxyl groups is 1. The minimum absolute atomic E-state index is 0.00411. The molecule has 2 aliphatic heterocycles. The number of aromatic nitrogens is 2. The highest BCUT2D eigenvalue weighted by atomic mass is 16.7. The van der Waals surface area contributed by atoms with E-state index in [1.807, 2.05) is 84.9 Å². The molecule has 8 rings (SSSR count). The molecule has 5 aromatic carbocycles. The zero-order chi connectivity index (χ0) is 41.6. The van der Waals surface area contributed by atoms with Gasteiger partial charge in [-0.1, -0.05) is 91.0 Å². The summed E-state index contributed by atoms with van der Waals surface area (Å²) in [6, 6.07) is 42.8. The number of para-hydroxylation sites is 1. The molecule has 2 bridgehead atoms. The van der Waals surface area contributed by atoms with E-state index in [0.29, 0.717) is 28.4 Å². The third kappa shape index (κ3) is 8.22. The monoisotopic (exact) mass is 810 g/mol. The highest BCUT2D eigenvalue weighted by molar-refractivity contribution is 6.03. The van der Waals surface area contributed by atoms with Gasteiger partial charge in [0.1, 0.15) is 47.0 Å². The van der Waals surface area contributed by atoms with E-state index in [0.717, 1.165) is 20.8 Å². The van der Waals surface area contributed by atoms with E-state index in [1.54, 1.807) is 68.8 Å². The van der Waals surface area contributed by atoms with Crippen LogP contribution in [0.15, 0.2) is 157 Å². The largest absolute Gasteiger partial charge is 0.497 e. The number of methoxy groups -OCH3 is 2. The predicted molar refractivity (Wildman–Crippen MR) is 218 cm³/mol. The van der Waals surface area contributed by atoms with Gasteiger partial charge in [-0.2, -0.15) is 4.98 Å². The van der Waals surface area contributed by atoms with Crippen LogP contribution in [0.5, 0.6) is 17.2 Å². The second kappa shape index (κ2) is 17.6. The summed E-state index contributed by atoms with van der Waals surface area (Å²) in [6.07, 6.45) is -4.58. The number of anilines is 1. The Balaban J connectivity index is 1.20. The highest BCUT2D eigenvalue weighted by Crippen LogP contribution is 2.52. The first-order chi connectivity index (χ1) is 29.3. The summed E-state index contributed by atoms with van der Waals surface area (Å²) in [5.74, 6) is 0.744. The lowest BCUT2D eigenvalue weighted by Gasteiger charge is -2.45. The number of rotatable bonds is 14. The lowest BCUT2D eigenvalue weighted by Crippen LogP contribution is -2.62. The van der Waals surface area contributed by atoms with E-state index in [4.69, 9.17) is 28.5 Å². The number of fused-ring (bicyclic) bond motifs is 2. The van der Waals surface area contributed by atoms with E-state index in [9.17, 15) is 19.5 Å². The summed E-state index contributed by atoms with van der Waals surface area (Å²) in [4.78, 5) is 51.1. The van der Waals surface area contributed by atoms with Crippen molar-refractivity contribution in [3.05, 3.63) is 185 Å². The summed E-state index contributed by atoms with van der Waals surface area (Å²) in [5, 5.41) is 16.2. The van der Waals surface area contributed by atoms with Crippen LogP contribution in [-0.4, -0.2) is 76.7 Å². The molecule has 14 heteroatoms. The minimum Gasteiger partial charge on any atom is -0.497 e. The Bertz CT molecular complexity index is 2410. The van der Waals surface area contributed by atoms with Crippen LogP contribution in [0.25, 0.3) is 0 Å². The molecule has 60 heavy (non-hydrogen) atoms. The van der Waals surface area contributed by atoms with Crippen molar-refractivity contribution in [3.8, 4) is 17.2 Å². The smallest absolute Gasteiger partial charge is 0.351 e. The molecule has 2 aliphatic rings. The van der Waals surface area contributed by atoms with E-state index in [2.05, 4.69) is 10.3 Å². The molecular weight excluding hydrogens is 769 g/mol. The Morgan fingerprint density at radius 1 is 0.783 bits per heavy atom. The van der Waals surface area contributed by atoms with Crippen LogP contribution < -0.4 is 25.2 Å². The van der Waals surface area contributed by atoms with Crippen LogP contribution in [0.3, 0.4) is 0 Å². The van der Waals surface area contributed by atoms with E-state index < -0.39 is 60.4 Å². The molecule has 14 nitrogen and oxygen atoms in total. The maximum atomic E-state index is 14.0. The molecule has 0 radical (unpaired) electrons. The molecule has 5 atom stereocenters. The average Bonchev–Trinajstić information content (AvgIpc) is 3.43. The first-order valence-electron chi connectivity index (χ1n) is 19.2. The van der Waals surface area contributed by atoms with Gasteiger partial charge in [-0.3, -0.25) is 19.0 Å². The van der Waals surface area contributed by atoms with Crippen LogP contribution in [-0.2, 0) is 19.1 Å². The fourth-order valence-corrected chi connectivity index (χ4v) is 7.44. The molecule has 6 aromatic rings. The summed E-state index contributed by atoms with van der Waals surface area (Å²) < 4.78 is 32.0. The second-order valence-corrected chi connectivity index (χ2v) is 14.2. The number of hydrogen-bond donors (Lipinski definition) is 2. The molecule has 2 amide bonds. The Morgan fingerprint density at radius 3 is 1.95 bits per heavy atom. The van der Waals surface area contributed by atoms with Gasteiger partial charge in [0.05, 0.1) is 20.8 Å². The number of ether oxygens (including phenoxy) is 5. The Labute approximate surface area is 345 Å². The van der Waals surface area contributed by atoms with Gasteiger partial charge in [0.25, 0.3) is 11.8 Å². The third-order valence-electron chi connectivity index (χ3n) is 10.5. The Kier molecular flexibility index (Phi) is 11.7. The topological polar surface area (TPSA) is 160 Å². The molecule has 3 heterocycles. The number of nitrogens with one attached hydrogen (secondary N) is 1. The molecule has 0 aliphatic carbocycles. The van der Waals surface area contributed by atoms with Crippen LogP contribution in [0.1, 0.15) is 45.5 Å². The predicted octanol–water partition coefficient (Wildman–Crippen LogP) is 5.91. The maximum Gasteiger partial charge on any atom is 0.351 e. The number of aliphatic hydroxyl groups excluding tert-OH is 1. The summed E-state index contributed by atoms with van der Waals surface area (Å²) in [5.41, 5.74) is -0.0602. The average molecular weight is 811 g/mol. The van der Waals surface area contributed by atoms with Crippen molar-refractivity contribution in [3.63, 3.8) is 0 Å². The zero-order valence-electron chi connectivity index (χ0n) is 32.7. The number of benzene rings is 5. The first kappa shape index (κ1) is 40.0. The number of hydrogen-bond acceptors (Lipinski definition) is 11. The second-order valence-electron chi connectivity index (χ2n) is 14.2. The number of nitrogens with zero attached hydrogens (tertiary/aromatic N) is 3. The van der Waals surface area contributed by atoms with Crippen molar-refractivity contribution in [1.82, 2.24) is 14.6 Å². The molecule has 0 spiro atoms. The molecule has 5 unspecified atom stereocenters. The van der Waals surface area contributed by atoms with Gasteiger partial charge in [0.15, 0.2) is 18.9 Å². The molecule has 0 saturated carbocycles. The van der Waals surface area contributed by atoms with Crippen molar-refractivity contribution >= 4 is 17.6 Å². The fourth-order valence-electron chi connectivity index (χ4n) is 7.44. The number of hydroxylamine groups is 2. The molecule has 1 aromatic heterocycles. The lowest BCUT2D eigenvalue weighted by molar-refractivity contribution is -0.275. The van der Waals surface area contributed by atoms with Crippen LogP contribution in [0, 0.1) is 0 Å². The zero-order valence-corrected chi connectivity index (χ0v) is 32.7. The normalized spacial score (nSPS) is 20.0. The van der Waals surface area contributed by atoms with Gasteiger partial charge >= 0.3 is 5.69 Å². The first-order valence-corrected chi connectivity index (χ1v) is 19.2. The van der Waals surface area contributed by atoms with Crippen molar-refractivity contribution in [2.75, 3.05) is 32.7 Å². The van der Waals surface area contributed by atoms with Crippen molar-refractivity contribution in [1.29, 1.82) is 0 Å². The molecule has 2 N–H and O–H groups in total. The fraction of sp³-hybridized carbons (Fsp3) is 0.217. The lowest BCUT2D eigenvalue weighted by atomic mass is 9.83. The van der Waals surface area contributed by atoms with Gasteiger partial charge in [0.2, 0.25) is 0 Å². The molecule has 306 valence electrons. The quantitative estimate of drug-likeness (QED) is 0.135. The van der Waals surface area contributed by atoms with Crippen LogP contribution in [0.2, 0.25) is 0 Å². The summed E-state index contributed by atoms with van der Waals surface area (Å²) in [7, 11) is 3.17. The SMILES string of the molecule is COc1ccc(C(OC(c2ccccc2)C23CN(C(=O)COc4ccccc4)OC(C(n4ccc(NC(=O)c5ccccc5)nc4=O)O2)C3O)c2ccc(OC)cc2)cc1. The third-order valence-corrected chi connectivity index (χ3v) is 10.5. The number of carbonyl (C=O) groups excluding carboxylic acids is 2. The highest BCUT2D eigenvalue weighted by Gasteiger charge is 2.66. The van der Waals surface area contributed by atoms with Gasteiger partial charge < -0.3 is 34.1 Å². The number of carbonyl (C=O) groups is 2. The maximum absolute atomic E-state index is 14.0. The standard InChI is InChI=1S/C46H42N4O10/c1-55-34-22-18-30(19-23-34)39(31-20-24-35(56-2)25-21-31)58-42(32-12-6-3-7-13-32)46-29-50(38(51)28-57-36-16-10-5-11-17-36)60-40(41(46)52)44(59-46)49-27-26-37(48-45(49)54)47-43(53)33-14-8-4-9-15-33/h3-27,39-42,44,52H,28-29H2,1-2H3,(H,47,48,53,54). The van der Waals surface area contributed by atoms with Gasteiger partial charge in [0, 0.05) is 11.8 Å². The number of amides is 2. The summed E-state index contributed by atoms with van der Waals surface area (Å²) >= 11 is 0. The van der Waals surface area contributed by atoms with E-state index >= 15 is 0 Å². The van der Waals surface area contributed by atoms with Gasteiger partial charge in [-0.25, -0.2) is 9.86 Å². The van der Waals surface area contributed by atoms with Crippen molar-refractivity contribution in [2.45, 2.75) is 36.2 Å². The van der Waals surface area contributed by atoms with Gasteiger partial charge in [-0.15, -0.1) is 0 Å².